The SMILES string of the molecule is CC(C)(C)[C@H](N)C[C@H](O)c1c(F)cccc1F. The number of nitrogens with two attached hydrogens (primary N) is 1. The Balaban J connectivity index is 2.87. The van der Waals surface area contributed by atoms with Gasteiger partial charge in [-0.2, -0.15) is 0 Å². The van der Waals surface area contributed by atoms with Crippen LogP contribution in [0.2, 0.25) is 0 Å². The van der Waals surface area contributed by atoms with Crippen molar-refractivity contribution in [2.24, 2.45) is 11.1 Å². The van der Waals surface area contributed by atoms with E-state index in [4.69, 9.17) is 5.73 Å². The zero-order chi connectivity index (χ0) is 13.2. The molecule has 0 spiro atoms. The molecule has 0 amide bonds. The fourth-order valence-corrected chi connectivity index (χ4v) is 1.54. The summed E-state index contributed by atoms with van der Waals surface area (Å²) in [6.07, 6.45) is -1.09. The van der Waals surface area contributed by atoms with Gasteiger partial charge in [0.1, 0.15) is 11.6 Å². The summed E-state index contributed by atoms with van der Waals surface area (Å²) in [5.74, 6) is -1.47. The topological polar surface area (TPSA) is 46.2 Å². The van der Waals surface area contributed by atoms with Crippen LogP contribution in [-0.2, 0) is 0 Å². The zero-order valence-corrected chi connectivity index (χ0v) is 10.4. The van der Waals surface area contributed by atoms with Crippen molar-refractivity contribution in [3.8, 4) is 0 Å². The number of hydrogen-bond acceptors (Lipinski definition) is 2. The molecule has 0 bridgehead atoms. The lowest BCUT2D eigenvalue weighted by Crippen LogP contribution is -2.36. The largest absolute Gasteiger partial charge is 0.388 e. The minimum Gasteiger partial charge on any atom is -0.388 e. The third kappa shape index (κ3) is 3.48. The molecule has 0 aliphatic rings. The van der Waals surface area contributed by atoms with Crippen molar-refractivity contribution in [1.29, 1.82) is 0 Å². The van der Waals surface area contributed by atoms with Gasteiger partial charge in [0.25, 0.3) is 0 Å². The van der Waals surface area contributed by atoms with Crippen LogP contribution in [0.15, 0.2) is 18.2 Å². The van der Waals surface area contributed by atoms with E-state index in [1.807, 2.05) is 20.8 Å². The Morgan fingerprint density at radius 2 is 1.71 bits per heavy atom. The molecule has 0 radical (unpaired) electrons. The van der Waals surface area contributed by atoms with Gasteiger partial charge in [-0.3, -0.25) is 0 Å². The maximum absolute atomic E-state index is 13.4. The quantitative estimate of drug-likeness (QED) is 0.857. The first-order valence-electron chi connectivity index (χ1n) is 5.61. The van der Waals surface area contributed by atoms with Crippen LogP contribution in [0.5, 0.6) is 0 Å². The van der Waals surface area contributed by atoms with Crippen LogP contribution in [0.4, 0.5) is 8.78 Å². The highest BCUT2D eigenvalue weighted by atomic mass is 19.1. The normalized spacial score (nSPS) is 15.7. The van der Waals surface area contributed by atoms with Crippen molar-refractivity contribution in [1.82, 2.24) is 0 Å². The maximum atomic E-state index is 13.4. The van der Waals surface area contributed by atoms with Crippen molar-refractivity contribution in [2.45, 2.75) is 39.3 Å². The summed E-state index contributed by atoms with van der Waals surface area (Å²) in [4.78, 5) is 0. The van der Waals surface area contributed by atoms with E-state index < -0.39 is 17.7 Å². The first kappa shape index (κ1) is 14.1. The lowest BCUT2D eigenvalue weighted by atomic mass is 9.83. The van der Waals surface area contributed by atoms with Gasteiger partial charge in [-0.05, 0) is 24.0 Å². The highest BCUT2D eigenvalue weighted by Gasteiger charge is 2.26. The Morgan fingerprint density at radius 1 is 1.24 bits per heavy atom. The van der Waals surface area contributed by atoms with Crippen LogP contribution in [0.1, 0.15) is 38.9 Å². The van der Waals surface area contributed by atoms with Crippen LogP contribution in [-0.4, -0.2) is 11.1 Å². The van der Waals surface area contributed by atoms with E-state index in [0.29, 0.717) is 0 Å². The van der Waals surface area contributed by atoms with Crippen LogP contribution in [0.3, 0.4) is 0 Å². The van der Waals surface area contributed by atoms with E-state index in [1.54, 1.807) is 0 Å². The number of rotatable bonds is 3. The molecule has 4 heteroatoms. The molecule has 0 unspecified atom stereocenters. The molecule has 2 nitrogen and oxygen atoms in total. The molecule has 3 N–H and O–H groups in total. The van der Waals surface area contributed by atoms with Gasteiger partial charge in [-0.15, -0.1) is 0 Å². The zero-order valence-electron chi connectivity index (χ0n) is 10.4. The highest BCUT2D eigenvalue weighted by Crippen LogP contribution is 2.29. The van der Waals surface area contributed by atoms with Crippen LogP contribution >= 0.6 is 0 Å². The fourth-order valence-electron chi connectivity index (χ4n) is 1.54. The first-order valence-corrected chi connectivity index (χ1v) is 5.61. The van der Waals surface area contributed by atoms with E-state index in [0.717, 1.165) is 12.1 Å². The Morgan fingerprint density at radius 3 is 2.12 bits per heavy atom. The van der Waals surface area contributed by atoms with E-state index >= 15 is 0 Å². The standard InChI is InChI=1S/C13H19F2NO/c1-13(2,3)11(16)7-10(17)12-8(14)5-4-6-9(12)15/h4-6,10-11,17H,7,16H2,1-3H3/t10-,11+/m0/s1. The molecule has 17 heavy (non-hydrogen) atoms. The second kappa shape index (κ2) is 5.10. The molecule has 2 atom stereocenters. The molecular weight excluding hydrogens is 224 g/mol. The summed E-state index contributed by atoms with van der Waals surface area (Å²) in [6, 6.07) is 3.19. The second-order valence-corrected chi connectivity index (χ2v) is 5.36. The van der Waals surface area contributed by atoms with Gasteiger partial charge in [0, 0.05) is 6.04 Å². The number of halogens is 2. The predicted molar refractivity (Wildman–Crippen MR) is 63.4 cm³/mol. The number of hydrogen-bond donors (Lipinski definition) is 2. The molecule has 0 saturated carbocycles. The number of aliphatic hydroxyl groups excluding tert-OH is 1. The Hall–Kier alpha value is -1.00. The molecule has 0 aliphatic carbocycles. The fraction of sp³-hybridized carbons (Fsp3) is 0.538. The van der Waals surface area contributed by atoms with Crippen molar-refractivity contribution < 1.29 is 13.9 Å². The molecular formula is C13H19F2NO. The van der Waals surface area contributed by atoms with Gasteiger partial charge in [0.15, 0.2) is 0 Å². The Labute approximate surface area is 100 Å². The van der Waals surface area contributed by atoms with Crippen molar-refractivity contribution in [3.63, 3.8) is 0 Å². The molecule has 1 aromatic carbocycles. The van der Waals surface area contributed by atoms with Gasteiger partial charge < -0.3 is 10.8 Å². The lowest BCUT2D eigenvalue weighted by molar-refractivity contribution is 0.126. The molecule has 0 aliphatic heterocycles. The second-order valence-electron chi connectivity index (χ2n) is 5.36. The summed E-state index contributed by atoms with van der Waals surface area (Å²) in [5.41, 5.74) is 5.37. The summed E-state index contributed by atoms with van der Waals surface area (Å²) in [5, 5.41) is 9.86. The molecule has 1 aromatic rings. The minimum absolute atomic E-state index is 0.126. The third-order valence-corrected chi connectivity index (χ3v) is 2.92. The monoisotopic (exact) mass is 243 g/mol. The number of aliphatic hydroxyl groups is 1. The molecule has 0 heterocycles. The average Bonchev–Trinajstić information content (AvgIpc) is 2.15. The minimum atomic E-state index is -1.22. The predicted octanol–water partition coefficient (Wildman–Crippen LogP) is 2.76. The molecule has 1 rings (SSSR count). The van der Waals surface area contributed by atoms with E-state index in [1.165, 1.54) is 6.07 Å². The summed E-state index contributed by atoms with van der Waals surface area (Å²) < 4.78 is 26.8. The van der Waals surface area contributed by atoms with E-state index in [-0.39, 0.29) is 23.4 Å². The summed E-state index contributed by atoms with van der Waals surface area (Å²) in [6.45, 7) is 5.76. The molecule has 0 aromatic heterocycles. The van der Waals surface area contributed by atoms with Gasteiger partial charge in [0.05, 0.1) is 11.7 Å². The highest BCUT2D eigenvalue weighted by molar-refractivity contribution is 5.22. The number of benzene rings is 1. The molecule has 96 valence electrons. The summed E-state index contributed by atoms with van der Waals surface area (Å²) in [7, 11) is 0. The molecule has 0 saturated heterocycles. The van der Waals surface area contributed by atoms with Crippen molar-refractivity contribution >= 4 is 0 Å². The third-order valence-electron chi connectivity index (χ3n) is 2.92. The van der Waals surface area contributed by atoms with Crippen molar-refractivity contribution in [3.05, 3.63) is 35.4 Å². The average molecular weight is 243 g/mol. The van der Waals surface area contributed by atoms with Crippen LogP contribution < -0.4 is 5.73 Å². The Kier molecular flexibility index (Phi) is 4.22. The summed E-state index contributed by atoms with van der Waals surface area (Å²) >= 11 is 0. The van der Waals surface area contributed by atoms with Gasteiger partial charge in [0.2, 0.25) is 0 Å². The van der Waals surface area contributed by atoms with E-state index in [9.17, 15) is 13.9 Å². The lowest BCUT2D eigenvalue weighted by Gasteiger charge is -2.29. The van der Waals surface area contributed by atoms with E-state index in [2.05, 4.69) is 0 Å². The van der Waals surface area contributed by atoms with Crippen LogP contribution in [0.25, 0.3) is 0 Å². The van der Waals surface area contributed by atoms with Crippen LogP contribution in [0, 0.1) is 17.0 Å². The first-order chi connectivity index (χ1) is 7.73. The smallest absolute Gasteiger partial charge is 0.131 e. The van der Waals surface area contributed by atoms with Gasteiger partial charge in [-0.25, -0.2) is 8.78 Å². The van der Waals surface area contributed by atoms with Crippen molar-refractivity contribution in [2.75, 3.05) is 0 Å². The van der Waals surface area contributed by atoms with Gasteiger partial charge >= 0.3 is 0 Å². The molecule has 0 fully saturated rings. The van der Waals surface area contributed by atoms with Gasteiger partial charge in [-0.1, -0.05) is 26.8 Å². The Bertz CT molecular complexity index is 367. The maximum Gasteiger partial charge on any atom is 0.131 e.